The Labute approximate surface area is 103 Å². The molecule has 17 heavy (non-hydrogen) atoms. The molecule has 4 nitrogen and oxygen atoms in total. The van der Waals surface area contributed by atoms with Crippen molar-refractivity contribution in [2.45, 2.75) is 46.0 Å². The van der Waals surface area contributed by atoms with Crippen molar-refractivity contribution in [2.24, 2.45) is 11.8 Å². The van der Waals surface area contributed by atoms with E-state index in [1.165, 1.54) is 7.05 Å². The molecular formula is C13H22N2O2. The lowest BCUT2D eigenvalue weighted by Crippen LogP contribution is -2.32. The van der Waals surface area contributed by atoms with Crippen LogP contribution in [0.5, 0.6) is 0 Å². The van der Waals surface area contributed by atoms with E-state index < -0.39 is 11.8 Å². The Kier molecular flexibility index (Phi) is 8.04. The topological polar surface area (TPSA) is 70.0 Å². The molecule has 0 heterocycles. The maximum atomic E-state index is 11.8. The molecule has 0 fully saturated rings. The fourth-order valence-corrected chi connectivity index (χ4v) is 1.77. The first-order valence-electron chi connectivity index (χ1n) is 6.24. The molecule has 96 valence electrons. The number of nitriles is 1. The van der Waals surface area contributed by atoms with Crippen LogP contribution in [0.15, 0.2) is 0 Å². The molecule has 0 radical (unpaired) electrons. The van der Waals surface area contributed by atoms with Gasteiger partial charge < -0.3 is 5.32 Å². The maximum Gasteiger partial charge on any atom is 0.244 e. The SMILES string of the molecule is CCCC[C@@H](CC)CC(=O)[C@@H](C#N)C(=O)NC. The summed E-state index contributed by atoms with van der Waals surface area (Å²) in [5.41, 5.74) is 0. The van der Waals surface area contributed by atoms with Crippen LogP contribution in [0.4, 0.5) is 0 Å². The third kappa shape index (κ3) is 5.48. The number of carbonyl (C=O) groups excluding carboxylic acids is 2. The van der Waals surface area contributed by atoms with Gasteiger partial charge in [0.05, 0.1) is 6.07 Å². The highest BCUT2D eigenvalue weighted by atomic mass is 16.2. The molecule has 0 aromatic carbocycles. The molecule has 0 aliphatic heterocycles. The smallest absolute Gasteiger partial charge is 0.244 e. The first-order valence-corrected chi connectivity index (χ1v) is 6.24. The Bertz CT molecular complexity index is 294. The minimum Gasteiger partial charge on any atom is -0.358 e. The summed E-state index contributed by atoms with van der Waals surface area (Å²) >= 11 is 0. The van der Waals surface area contributed by atoms with E-state index in [4.69, 9.17) is 5.26 Å². The summed E-state index contributed by atoms with van der Waals surface area (Å²) in [7, 11) is 1.44. The van der Waals surface area contributed by atoms with Gasteiger partial charge in [0.1, 0.15) is 0 Å². The Morgan fingerprint density at radius 1 is 1.35 bits per heavy atom. The third-order valence-corrected chi connectivity index (χ3v) is 2.99. The van der Waals surface area contributed by atoms with Crippen LogP contribution in [-0.4, -0.2) is 18.7 Å². The highest BCUT2D eigenvalue weighted by Crippen LogP contribution is 2.19. The maximum absolute atomic E-state index is 11.8. The summed E-state index contributed by atoms with van der Waals surface area (Å²) < 4.78 is 0. The van der Waals surface area contributed by atoms with Gasteiger partial charge in [0, 0.05) is 13.5 Å². The van der Waals surface area contributed by atoms with Gasteiger partial charge in [-0.25, -0.2) is 0 Å². The molecule has 0 aliphatic carbocycles. The lowest BCUT2D eigenvalue weighted by Gasteiger charge is -2.14. The molecule has 4 heteroatoms. The van der Waals surface area contributed by atoms with Crippen molar-refractivity contribution in [1.29, 1.82) is 5.26 Å². The fourth-order valence-electron chi connectivity index (χ4n) is 1.77. The minimum atomic E-state index is -1.14. The van der Waals surface area contributed by atoms with E-state index in [0.717, 1.165) is 25.7 Å². The molecule has 0 spiro atoms. The second-order valence-corrected chi connectivity index (χ2v) is 4.26. The fraction of sp³-hybridized carbons (Fsp3) is 0.769. The van der Waals surface area contributed by atoms with Gasteiger partial charge in [0.25, 0.3) is 0 Å². The highest BCUT2D eigenvalue weighted by Gasteiger charge is 2.26. The molecule has 0 rings (SSSR count). The number of Topliss-reactive ketones (excluding diaryl/α,β-unsaturated/α-hetero) is 1. The second-order valence-electron chi connectivity index (χ2n) is 4.26. The zero-order valence-corrected chi connectivity index (χ0v) is 11.0. The van der Waals surface area contributed by atoms with Gasteiger partial charge in [-0.15, -0.1) is 0 Å². The van der Waals surface area contributed by atoms with Gasteiger partial charge in [-0.2, -0.15) is 5.26 Å². The summed E-state index contributed by atoms with van der Waals surface area (Å²) in [6.45, 7) is 4.14. The van der Waals surface area contributed by atoms with Crippen LogP contribution in [0.25, 0.3) is 0 Å². The van der Waals surface area contributed by atoms with Gasteiger partial charge >= 0.3 is 0 Å². The van der Waals surface area contributed by atoms with Crippen molar-refractivity contribution >= 4 is 11.7 Å². The standard InChI is InChI=1S/C13H22N2O2/c1-4-6-7-10(5-2)8-12(16)11(9-14)13(17)15-3/h10-11H,4-8H2,1-3H3,(H,15,17)/t10-,11-/m1/s1. The average molecular weight is 238 g/mol. The molecule has 1 N–H and O–H groups in total. The monoisotopic (exact) mass is 238 g/mol. The largest absolute Gasteiger partial charge is 0.358 e. The molecule has 1 amide bonds. The number of carbonyl (C=O) groups is 2. The van der Waals surface area contributed by atoms with E-state index >= 15 is 0 Å². The number of ketones is 1. The summed E-state index contributed by atoms with van der Waals surface area (Å²) in [5.74, 6) is -1.60. The quantitative estimate of drug-likeness (QED) is 0.658. The number of hydrogen-bond donors (Lipinski definition) is 1. The number of unbranched alkanes of at least 4 members (excludes halogenated alkanes) is 1. The normalized spacial score (nSPS) is 13.5. The lowest BCUT2D eigenvalue weighted by molar-refractivity contribution is -0.131. The minimum absolute atomic E-state index is 0.255. The van der Waals surface area contributed by atoms with Crippen LogP contribution < -0.4 is 5.32 Å². The summed E-state index contributed by atoms with van der Waals surface area (Å²) in [4.78, 5) is 23.1. The van der Waals surface area contributed by atoms with Crippen molar-refractivity contribution in [3.05, 3.63) is 0 Å². The van der Waals surface area contributed by atoms with E-state index in [0.29, 0.717) is 12.3 Å². The van der Waals surface area contributed by atoms with E-state index in [-0.39, 0.29) is 5.78 Å². The molecule has 0 saturated carbocycles. The van der Waals surface area contributed by atoms with Gasteiger partial charge in [-0.1, -0.05) is 39.5 Å². The molecule has 0 bridgehead atoms. The van der Waals surface area contributed by atoms with Gasteiger partial charge in [0.2, 0.25) is 5.91 Å². The van der Waals surface area contributed by atoms with Gasteiger partial charge in [0.15, 0.2) is 11.7 Å². The predicted molar refractivity (Wildman–Crippen MR) is 66.1 cm³/mol. The number of rotatable bonds is 8. The van der Waals surface area contributed by atoms with E-state index in [2.05, 4.69) is 12.2 Å². The molecule has 0 unspecified atom stereocenters. The number of amides is 1. The molecule has 0 aromatic rings. The van der Waals surface area contributed by atoms with Crippen LogP contribution in [0.1, 0.15) is 46.0 Å². The van der Waals surface area contributed by atoms with Crippen LogP contribution in [0, 0.1) is 23.2 Å². The van der Waals surface area contributed by atoms with E-state index in [1.54, 1.807) is 6.07 Å². The van der Waals surface area contributed by atoms with Gasteiger partial charge in [-0.05, 0) is 5.92 Å². The Morgan fingerprint density at radius 2 is 2.00 bits per heavy atom. The highest BCUT2D eigenvalue weighted by molar-refractivity contribution is 6.03. The van der Waals surface area contributed by atoms with Crippen molar-refractivity contribution in [1.82, 2.24) is 5.32 Å². The van der Waals surface area contributed by atoms with Crippen molar-refractivity contribution in [2.75, 3.05) is 7.05 Å². The van der Waals surface area contributed by atoms with Crippen LogP contribution in [0.3, 0.4) is 0 Å². The number of hydrogen-bond acceptors (Lipinski definition) is 3. The number of nitrogens with one attached hydrogen (secondary N) is 1. The third-order valence-electron chi connectivity index (χ3n) is 2.99. The summed E-state index contributed by atoms with van der Waals surface area (Å²) in [6.07, 6.45) is 4.43. The summed E-state index contributed by atoms with van der Waals surface area (Å²) in [6, 6.07) is 1.78. The summed E-state index contributed by atoms with van der Waals surface area (Å²) in [5, 5.41) is 11.2. The first kappa shape index (κ1) is 15.6. The van der Waals surface area contributed by atoms with Gasteiger partial charge in [-0.3, -0.25) is 9.59 Å². The molecule has 2 atom stereocenters. The molecular weight excluding hydrogens is 216 g/mol. The first-order chi connectivity index (χ1) is 8.10. The lowest BCUT2D eigenvalue weighted by atomic mass is 9.89. The Hall–Kier alpha value is -1.37. The van der Waals surface area contributed by atoms with Crippen LogP contribution in [-0.2, 0) is 9.59 Å². The zero-order valence-electron chi connectivity index (χ0n) is 11.0. The van der Waals surface area contributed by atoms with E-state index in [1.807, 2.05) is 6.92 Å². The zero-order chi connectivity index (χ0) is 13.3. The Morgan fingerprint density at radius 3 is 2.41 bits per heavy atom. The molecule has 0 aromatic heterocycles. The van der Waals surface area contributed by atoms with Crippen LogP contribution in [0.2, 0.25) is 0 Å². The van der Waals surface area contributed by atoms with Crippen molar-refractivity contribution in [3.8, 4) is 6.07 Å². The van der Waals surface area contributed by atoms with Crippen molar-refractivity contribution in [3.63, 3.8) is 0 Å². The van der Waals surface area contributed by atoms with Crippen molar-refractivity contribution < 1.29 is 9.59 Å². The molecule has 0 saturated heterocycles. The number of nitrogens with zero attached hydrogens (tertiary/aromatic N) is 1. The second kappa shape index (κ2) is 8.74. The predicted octanol–water partition coefficient (Wildman–Crippen LogP) is 2.05. The van der Waals surface area contributed by atoms with Crippen LogP contribution >= 0.6 is 0 Å². The van der Waals surface area contributed by atoms with E-state index in [9.17, 15) is 9.59 Å². The average Bonchev–Trinajstić information content (AvgIpc) is 2.34. The Balaban J connectivity index is 4.38. The molecule has 0 aliphatic rings.